The summed E-state index contributed by atoms with van der Waals surface area (Å²) in [7, 11) is 0. The summed E-state index contributed by atoms with van der Waals surface area (Å²) in [4.78, 5) is 10.4. The van der Waals surface area contributed by atoms with Crippen molar-refractivity contribution in [2.75, 3.05) is 19.7 Å². The fourth-order valence-electron chi connectivity index (χ4n) is 0.271. The maximum Gasteiger partial charge on any atom is 0.328 e. The zero-order valence-corrected chi connectivity index (χ0v) is 5.69. The van der Waals surface area contributed by atoms with Crippen molar-refractivity contribution in [3.63, 3.8) is 0 Å². The summed E-state index contributed by atoms with van der Waals surface area (Å²) in [5.74, 6) is -0.421. The van der Waals surface area contributed by atoms with E-state index >= 15 is 0 Å². The number of esters is 1. The Labute approximate surface area is 58.5 Å². The number of nitrogens with zero attached hydrogens (tertiary/aromatic N) is 1. The molecule has 0 aromatic heterocycles. The second kappa shape index (κ2) is 5.58. The molecule has 0 aromatic rings. The number of ether oxygens (including phenoxy) is 1. The first-order valence-electron chi connectivity index (χ1n) is 2.46. The lowest BCUT2D eigenvalue weighted by Gasteiger charge is -1.97. The van der Waals surface area contributed by atoms with Crippen LogP contribution >= 0.6 is 0 Å². The van der Waals surface area contributed by atoms with Crippen LogP contribution in [0, 0.1) is 0 Å². The van der Waals surface area contributed by atoms with E-state index in [0.29, 0.717) is 6.54 Å². The van der Waals surface area contributed by atoms with Crippen LogP contribution in [0.15, 0.2) is 4.36 Å². The van der Waals surface area contributed by atoms with Gasteiger partial charge < -0.3 is 10.5 Å². The highest BCUT2D eigenvalue weighted by Crippen LogP contribution is 1.76. The van der Waals surface area contributed by atoms with Gasteiger partial charge in [0, 0.05) is 19.0 Å². The van der Waals surface area contributed by atoms with E-state index < -0.39 is 5.97 Å². The summed E-state index contributed by atoms with van der Waals surface area (Å²) in [5.41, 5.74) is 5.04. The quantitative estimate of drug-likeness (QED) is 0.531. The van der Waals surface area contributed by atoms with Crippen LogP contribution in [0.3, 0.4) is 0 Å². The normalized spacial score (nSPS) is 8.56. The lowest BCUT2D eigenvalue weighted by molar-refractivity contribution is -0.141. The first-order chi connectivity index (χ1) is 4.31. The highest BCUT2D eigenvalue weighted by molar-refractivity contribution is 7.47. The molecule has 0 heterocycles. The van der Waals surface area contributed by atoms with E-state index in [1.54, 1.807) is 0 Å². The fourth-order valence-corrected chi connectivity index (χ4v) is 0.377. The molecule has 52 valence electrons. The molecule has 0 aliphatic rings. The van der Waals surface area contributed by atoms with Crippen LogP contribution in [0.4, 0.5) is 0 Å². The second-order valence-corrected chi connectivity index (χ2v) is 1.55. The van der Waals surface area contributed by atoms with E-state index in [2.05, 4.69) is 21.5 Å². The molecule has 0 aromatic carbocycles. The van der Waals surface area contributed by atoms with Crippen molar-refractivity contribution in [2.45, 2.75) is 0 Å². The van der Waals surface area contributed by atoms with E-state index in [0.717, 1.165) is 0 Å². The number of carbonyl (C=O) groups is 1. The predicted molar refractivity (Wildman–Crippen MR) is 34.7 cm³/mol. The van der Waals surface area contributed by atoms with Gasteiger partial charge in [0.05, 0.1) is 0 Å². The molecule has 0 rings (SSSR count). The molecule has 2 N–H and O–H groups in total. The molecule has 0 radical (unpaired) electrons. The number of carbonyl (C=O) groups excluding carboxylic acids is 1. The van der Waals surface area contributed by atoms with Gasteiger partial charge in [-0.2, -0.15) is 0 Å². The molecule has 0 aliphatic carbocycles. The van der Waals surface area contributed by atoms with Gasteiger partial charge >= 0.3 is 5.97 Å². The Bertz CT molecular complexity index is 107. The van der Waals surface area contributed by atoms with Gasteiger partial charge in [-0.1, -0.05) is 0 Å². The van der Waals surface area contributed by atoms with Crippen molar-refractivity contribution in [1.29, 1.82) is 0 Å². The zero-order chi connectivity index (χ0) is 7.11. The van der Waals surface area contributed by atoms with Crippen LogP contribution in [0.25, 0.3) is 0 Å². The summed E-state index contributed by atoms with van der Waals surface area (Å²) in [5, 5.41) is 0. The Balaban J connectivity index is 3.16. The van der Waals surface area contributed by atoms with Crippen molar-refractivity contribution in [3.8, 4) is 0 Å². The average molecular weight is 148 g/mol. The van der Waals surface area contributed by atoms with Crippen molar-refractivity contribution >= 4 is 18.4 Å². The standard InChI is InChI=1S/C4H8N2O2S/c5-1-2-8-4(7)3-6-9/h1-3,5H2. The van der Waals surface area contributed by atoms with Gasteiger partial charge in [-0.05, 0) is 0 Å². The summed E-state index contributed by atoms with van der Waals surface area (Å²) in [6.07, 6.45) is 0. The Morgan fingerprint density at radius 3 is 2.89 bits per heavy atom. The molecule has 0 saturated carbocycles. The van der Waals surface area contributed by atoms with Crippen LogP contribution in [0.2, 0.25) is 0 Å². The molecule has 0 amide bonds. The first kappa shape index (κ1) is 8.45. The fraction of sp³-hybridized carbons (Fsp3) is 0.750. The minimum atomic E-state index is -0.421. The van der Waals surface area contributed by atoms with Crippen molar-refractivity contribution in [3.05, 3.63) is 0 Å². The molecule has 5 heteroatoms. The maximum atomic E-state index is 10.4. The van der Waals surface area contributed by atoms with Crippen molar-refractivity contribution in [1.82, 2.24) is 0 Å². The third kappa shape index (κ3) is 5.32. The van der Waals surface area contributed by atoms with E-state index in [9.17, 15) is 4.79 Å². The summed E-state index contributed by atoms with van der Waals surface area (Å²) in [6.45, 7) is 0.516. The minimum Gasteiger partial charge on any atom is -0.463 e. The maximum absolute atomic E-state index is 10.4. The third-order valence-corrected chi connectivity index (χ3v) is 0.704. The van der Waals surface area contributed by atoms with Gasteiger partial charge in [0.15, 0.2) is 0 Å². The van der Waals surface area contributed by atoms with Gasteiger partial charge in [0.2, 0.25) is 0 Å². The molecule has 0 atom stereocenters. The number of hydrogen-bond acceptors (Lipinski definition) is 5. The Kier molecular flexibility index (Phi) is 5.24. The van der Waals surface area contributed by atoms with Gasteiger partial charge in [0.25, 0.3) is 0 Å². The highest BCUT2D eigenvalue weighted by atomic mass is 32.1. The predicted octanol–water partition coefficient (Wildman–Crippen LogP) is -0.781. The molecule has 0 unspecified atom stereocenters. The SMILES string of the molecule is NCCOC(=O)CN=S. The Morgan fingerprint density at radius 1 is 1.78 bits per heavy atom. The summed E-state index contributed by atoms with van der Waals surface area (Å²) in [6, 6.07) is 0. The summed E-state index contributed by atoms with van der Waals surface area (Å²) < 4.78 is 7.66. The minimum absolute atomic E-state index is 0.0602. The van der Waals surface area contributed by atoms with E-state index in [-0.39, 0.29) is 13.2 Å². The molecule has 0 spiro atoms. The van der Waals surface area contributed by atoms with E-state index in [1.165, 1.54) is 0 Å². The van der Waals surface area contributed by atoms with Gasteiger partial charge in [-0.15, -0.1) is 0 Å². The third-order valence-electron chi connectivity index (χ3n) is 0.575. The molecule has 0 bridgehead atoms. The zero-order valence-electron chi connectivity index (χ0n) is 4.87. The Hall–Kier alpha value is -0.550. The molecule has 9 heavy (non-hydrogen) atoms. The topological polar surface area (TPSA) is 64.7 Å². The largest absolute Gasteiger partial charge is 0.463 e. The average Bonchev–Trinajstić information content (AvgIpc) is 1.85. The van der Waals surface area contributed by atoms with Crippen LogP contribution < -0.4 is 5.73 Å². The van der Waals surface area contributed by atoms with Crippen molar-refractivity contribution < 1.29 is 9.53 Å². The van der Waals surface area contributed by atoms with E-state index in [4.69, 9.17) is 5.73 Å². The molecule has 0 aliphatic heterocycles. The monoisotopic (exact) mass is 148 g/mol. The van der Waals surface area contributed by atoms with Crippen LogP contribution in [0.5, 0.6) is 0 Å². The smallest absolute Gasteiger partial charge is 0.328 e. The van der Waals surface area contributed by atoms with Crippen LogP contribution in [0.1, 0.15) is 0 Å². The number of hydrogen-bond donors (Lipinski definition) is 1. The Morgan fingerprint density at radius 2 is 2.44 bits per heavy atom. The van der Waals surface area contributed by atoms with Gasteiger partial charge in [-0.25, -0.2) is 4.36 Å². The summed E-state index contributed by atoms with van der Waals surface area (Å²) >= 11 is 4.17. The molecule has 0 fully saturated rings. The lowest BCUT2D eigenvalue weighted by Crippen LogP contribution is -2.14. The molecule has 0 saturated heterocycles. The molecule has 4 nitrogen and oxygen atoms in total. The molecular formula is C4H8N2O2S. The van der Waals surface area contributed by atoms with Crippen LogP contribution in [-0.2, 0) is 22.0 Å². The first-order valence-corrected chi connectivity index (χ1v) is 2.82. The van der Waals surface area contributed by atoms with E-state index in [1.807, 2.05) is 0 Å². The number of rotatable bonds is 4. The lowest BCUT2D eigenvalue weighted by atomic mass is 10.6. The number of nitrogens with two attached hydrogens (primary N) is 1. The highest BCUT2D eigenvalue weighted by Gasteiger charge is 1.97. The molecular weight excluding hydrogens is 140 g/mol. The van der Waals surface area contributed by atoms with Gasteiger partial charge in [0.1, 0.15) is 13.2 Å². The van der Waals surface area contributed by atoms with Crippen molar-refractivity contribution in [2.24, 2.45) is 10.1 Å². The van der Waals surface area contributed by atoms with Gasteiger partial charge in [-0.3, -0.25) is 4.79 Å². The van der Waals surface area contributed by atoms with Crippen LogP contribution in [-0.4, -0.2) is 25.7 Å². The second-order valence-electron chi connectivity index (χ2n) is 1.30.